The van der Waals surface area contributed by atoms with Gasteiger partial charge in [0.25, 0.3) is 5.91 Å². The highest BCUT2D eigenvalue weighted by molar-refractivity contribution is 9.10. The number of aryl methyl sites for hydroxylation is 1. The zero-order valence-electron chi connectivity index (χ0n) is 11.9. The molecule has 20 heavy (non-hydrogen) atoms. The fourth-order valence-corrected chi connectivity index (χ4v) is 3.10. The van der Waals surface area contributed by atoms with Crippen LogP contribution in [0.2, 0.25) is 0 Å². The van der Waals surface area contributed by atoms with Crippen LogP contribution in [-0.4, -0.2) is 23.2 Å². The van der Waals surface area contributed by atoms with Crippen molar-refractivity contribution in [3.8, 4) is 0 Å². The smallest absolute Gasteiger partial charge is 0.251 e. The van der Waals surface area contributed by atoms with E-state index in [4.69, 9.17) is 0 Å². The molecule has 0 unspecified atom stereocenters. The highest BCUT2D eigenvalue weighted by Gasteiger charge is 2.28. The van der Waals surface area contributed by atoms with Crippen LogP contribution in [0.25, 0.3) is 0 Å². The highest BCUT2D eigenvalue weighted by Crippen LogP contribution is 2.26. The summed E-state index contributed by atoms with van der Waals surface area (Å²) in [5, 5.41) is 13.4. The minimum Gasteiger partial charge on any atom is -0.388 e. The van der Waals surface area contributed by atoms with Crippen molar-refractivity contribution in [2.75, 3.05) is 6.54 Å². The number of rotatable bonds is 3. The lowest BCUT2D eigenvalue weighted by Crippen LogP contribution is -2.42. The van der Waals surface area contributed by atoms with Crippen molar-refractivity contribution >= 4 is 21.8 Å². The van der Waals surface area contributed by atoms with E-state index in [-0.39, 0.29) is 5.91 Å². The molecule has 1 amide bonds. The average molecular weight is 340 g/mol. The molecule has 1 aromatic carbocycles. The Kier molecular flexibility index (Phi) is 5.22. The molecule has 0 bridgehead atoms. The lowest BCUT2D eigenvalue weighted by atomic mass is 9.94. The van der Waals surface area contributed by atoms with Crippen molar-refractivity contribution < 1.29 is 9.90 Å². The Balaban J connectivity index is 1.99. The van der Waals surface area contributed by atoms with Crippen LogP contribution in [0.1, 0.15) is 54.4 Å². The molecule has 0 atom stereocenters. The zero-order valence-corrected chi connectivity index (χ0v) is 13.5. The lowest BCUT2D eigenvalue weighted by Gasteiger charge is -2.27. The third kappa shape index (κ3) is 4.06. The molecule has 1 fully saturated rings. The first-order chi connectivity index (χ1) is 9.50. The predicted molar refractivity (Wildman–Crippen MR) is 83.9 cm³/mol. The Morgan fingerprint density at radius 2 is 1.95 bits per heavy atom. The second kappa shape index (κ2) is 6.72. The maximum Gasteiger partial charge on any atom is 0.251 e. The van der Waals surface area contributed by atoms with E-state index in [0.29, 0.717) is 12.1 Å². The van der Waals surface area contributed by atoms with E-state index in [1.807, 2.05) is 25.1 Å². The van der Waals surface area contributed by atoms with Gasteiger partial charge in [0, 0.05) is 16.6 Å². The molecule has 0 saturated heterocycles. The van der Waals surface area contributed by atoms with E-state index in [1.54, 1.807) is 0 Å². The van der Waals surface area contributed by atoms with E-state index < -0.39 is 5.60 Å². The molecule has 0 spiro atoms. The first kappa shape index (κ1) is 15.5. The van der Waals surface area contributed by atoms with Crippen LogP contribution in [0.4, 0.5) is 0 Å². The number of hydrogen-bond donors (Lipinski definition) is 2. The van der Waals surface area contributed by atoms with Gasteiger partial charge in [0.15, 0.2) is 0 Å². The van der Waals surface area contributed by atoms with Crippen LogP contribution in [0.5, 0.6) is 0 Å². The minimum absolute atomic E-state index is 0.110. The third-order valence-corrected chi connectivity index (χ3v) is 4.55. The summed E-state index contributed by atoms with van der Waals surface area (Å²) in [6, 6.07) is 5.66. The molecule has 0 radical (unpaired) electrons. The normalized spacial score (nSPS) is 18.4. The van der Waals surface area contributed by atoms with Gasteiger partial charge < -0.3 is 10.4 Å². The van der Waals surface area contributed by atoms with Gasteiger partial charge >= 0.3 is 0 Å². The third-order valence-electron chi connectivity index (χ3n) is 4.06. The molecule has 0 aliphatic heterocycles. The van der Waals surface area contributed by atoms with Crippen molar-refractivity contribution in [3.63, 3.8) is 0 Å². The van der Waals surface area contributed by atoms with Gasteiger partial charge in [-0.25, -0.2) is 0 Å². The molecule has 2 rings (SSSR count). The van der Waals surface area contributed by atoms with E-state index in [1.165, 1.54) is 12.8 Å². The van der Waals surface area contributed by atoms with Crippen LogP contribution in [0.3, 0.4) is 0 Å². The number of halogens is 1. The molecule has 3 nitrogen and oxygen atoms in total. The van der Waals surface area contributed by atoms with Gasteiger partial charge in [-0.3, -0.25) is 4.79 Å². The summed E-state index contributed by atoms with van der Waals surface area (Å²) in [5.74, 6) is -0.110. The van der Waals surface area contributed by atoms with E-state index in [0.717, 1.165) is 35.7 Å². The molecule has 0 aromatic heterocycles. The largest absolute Gasteiger partial charge is 0.388 e. The standard InChI is InChI=1S/C16H22BrNO2/c1-12-6-7-13(17)10-14(12)15(19)18-11-16(20)8-4-2-3-5-9-16/h6-7,10,20H,2-5,8-9,11H2,1H3,(H,18,19). The van der Waals surface area contributed by atoms with Crippen LogP contribution in [0, 0.1) is 6.92 Å². The van der Waals surface area contributed by atoms with Gasteiger partial charge in [-0.1, -0.05) is 47.7 Å². The second-order valence-corrected chi connectivity index (χ2v) is 6.70. The van der Waals surface area contributed by atoms with Crippen molar-refractivity contribution in [1.82, 2.24) is 5.32 Å². The van der Waals surface area contributed by atoms with E-state index in [9.17, 15) is 9.90 Å². The number of carbonyl (C=O) groups is 1. The first-order valence-electron chi connectivity index (χ1n) is 7.27. The molecule has 1 aliphatic carbocycles. The van der Waals surface area contributed by atoms with Crippen LogP contribution in [0.15, 0.2) is 22.7 Å². The van der Waals surface area contributed by atoms with Crippen molar-refractivity contribution in [2.45, 2.75) is 51.0 Å². The summed E-state index contributed by atoms with van der Waals surface area (Å²) in [6.45, 7) is 2.26. The van der Waals surface area contributed by atoms with Gasteiger partial charge in [-0.15, -0.1) is 0 Å². The summed E-state index contributed by atoms with van der Waals surface area (Å²) in [5.41, 5.74) is 0.877. The molecule has 2 N–H and O–H groups in total. The van der Waals surface area contributed by atoms with Crippen molar-refractivity contribution in [2.24, 2.45) is 0 Å². The summed E-state index contributed by atoms with van der Waals surface area (Å²) in [7, 11) is 0. The molecule has 1 aromatic rings. The lowest BCUT2D eigenvalue weighted by molar-refractivity contribution is 0.0246. The molecule has 110 valence electrons. The maximum atomic E-state index is 12.2. The minimum atomic E-state index is -0.730. The van der Waals surface area contributed by atoms with Crippen molar-refractivity contribution in [1.29, 1.82) is 0 Å². The Morgan fingerprint density at radius 1 is 1.30 bits per heavy atom. The Labute approximate surface area is 128 Å². The monoisotopic (exact) mass is 339 g/mol. The highest BCUT2D eigenvalue weighted by atomic mass is 79.9. The first-order valence-corrected chi connectivity index (χ1v) is 8.06. The van der Waals surface area contributed by atoms with Crippen LogP contribution >= 0.6 is 15.9 Å². The predicted octanol–water partition coefficient (Wildman–Crippen LogP) is 3.57. The number of hydrogen-bond acceptors (Lipinski definition) is 2. The SMILES string of the molecule is Cc1ccc(Br)cc1C(=O)NCC1(O)CCCCCC1. The number of benzene rings is 1. The fourth-order valence-electron chi connectivity index (χ4n) is 2.74. The Hall–Kier alpha value is -0.870. The van der Waals surface area contributed by atoms with Gasteiger partial charge in [-0.05, 0) is 37.5 Å². The number of amides is 1. The number of aliphatic hydroxyl groups is 1. The van der Waals surface area contributed by atoms with Crippen LogP contribution < -0.4 is 5.32 Å². The number of carbonyl (C=O) groups excluding carboxylic acids is 1. The second-order valence-electron chi connectivity index (χ2n) is 5.78. The molecular weight excluding hydrogens is 318 g/mol. The summed E-state index contributed by atoms with van der Waals surface area (Å²) in [6.07, 6.45) is 6.02. The van der Waals surface area contributed by atoms with Gasteiger partial charge in [0.1, 0.15) is 0 Å². The van der Waals surface area contributed by atoms with Crippen LogP contribution in [-0.2, 0) is 0 Å². The average Bonchev–Trinajstić information content (AvgIpc) is 2.64. The number of nitrogens with one attached hydrogen (secondary N) is 1. The quantitative estimate of drug-likeness (QED) is 0.827. The van der Waals surface area contributed by atoms with Gasteiger partial charge in [0.2, 0.25) is 0 Å². The van der Waals surface area contributed by atoms with Gasteiger partial charge in [-0.2, -0.15) is 0 Å². The summed E-state index contributed by atoms with van der Waals surface area (Å²) >= 11 is 3.38. The summed E-state index contributed by atoms with van der Waals surface area (Å²) < 4.78 is 0.890. The summed E-state index contributed by atoms with van der Waals surface area (Å²) in [4.78, 5) is 12.2. The fraction of sp³-hybridized carbons (Fsp3) is 0.562. The Morgan fingerprint density at radius 3 is 2.60 bits per heavy atom. The van der Waals surface area contributed by atoms with Gasteiger partial charge in [0.05, 0.1) is 5.60 Å². The topological polar surface area (TPSA) is 49.3 Å². The van der Waals surface area contributed by atoms with Crippen molar-refractivity contribution in [3.05, 3.63) is 33.8 Å². The maximum absolute atomic E-state index is 12.2. The molecule has 0 heterocycles. The van der Waals surface area contributed by atoms with E-state index in [2.05, 4.69) is 21.2 Å². The molecule has 1 aliphatic rings. The molecular formula is C16H22BrNO2. The zero-order chi connectivity index (χ0) is 14.6. The molecule has 4 heteroatoms. The van der Waals surface area contributed by atoms with E-state index >= 15 is 0 Å². The Bertz CT molecular complexity index is 479. The molecule has 1 saturated carbocycles.